The van der Waals surface area contributed by atoms with Gasteiger partial charge in [0.1, 0.15) is 5.75 Å². The van der Waals surface area contributed by atoms with Crippen molar-refractivity contribution in [1.82, 2.24) is 9.21 Å². The Hall–Kier alpha value is -1.60. The van der Waals surface area contributed by atoms with E-state index in [4.69, 9.17) is 4.74 Å². The van der Waals surface area contributed by atoms with Crippen molar-refractivity contribution < 1.29 is 17.9 Å². The molecule has 140 valence electrons. The number of amides is 1. The van der Waals surface area contributed by atoms with Crippen molar-refractivity contribution >= 4 is 15.9 Å². The highest BCUT2D eigenvalue weighted by Gasteiger charge is 2.26. The maximum atomic E-state index is 12.8. The number of hydrogen-bond donors (Lipinski definition) is 0. The molecule has 1 aliphatic rings. The number of aryl methyl sites for hydroxylation is 2. The van der Waals surface area contributed by atoms with Crippen molar-refractivity contribution in [2.24, 2.45) is 0 Å². The van der Waals surface area contributed by atoms with Crippen LogP contribution in [0.5, 0.6) is 5.75 Å². The van der Waals surface area contributed by atoms with Gasteiger partial charge in [0, 0.05) is 31.7 Å². The Morgan fingerprint density at radius 2 is 1.88 bits per heavy atom. The lowest BCUT2D eigenvalue weighted by Gasteiger charge is -2.22. The molecule has 1 amide bonds. The third-order valence-corrected chi connectivity index (χ3v) is 6.57. The van der Waals surface area contributed by atoms with Crippen LogP contribution in [0.3, 0.4) is 0 Å². The molecule has 1 heterocycles. The van der Waals surface area contributed by atoms with Crippen molar-refractivity contribution in [3.63, 3.8) is 0 Å². The molecule has 1 aromatic rings. The number of benzene rings is 1. The van der Waals surface area contributed by atoms with Gasteiger partial charge in [0.2, 0.25) is 15.9 Å². The Balaban J connectivity index is 2.10. The maximum Gasteiger partial charge on any atom is 0.227 e. The smallest absolute Gasteiger partial charge is 0.227 e. The first kappa shape index (κ1) is 19.7. The second kappa shape index (κ2) is 8.19. The SMILES string of the molecule is CCS(=O)(=O)N1CCCN(C(=O)Cc2c(C)cc(C)cc2OC)CC1. The predicted molar refractivity (Wildman–Crippen MR) is 98.4 cm³/mol. The first-order valence-electron chi connectivity index (χ1n) is 8.68. The summed E-state index contributed by atoms with van der Waals surface area (Å²) in [6.45, 7) is 7.50. The van der Waals surface area contributed by atoms with E-state index in [1.165, 1.54) is 4.31 Å². The fraction of sp³-hybridized carbons (Fsp3) is 0.611. The minimum atomic E-state index is -3.20. The second-order valence-corrected chi connectivity index (χ2v) is 8.73. The number of nitrogens with zero attached hydrogens (tertiary/aromatic N) is 2. The number of rotatable bonds is 5. The quantitative estimate of drug-likeness (QED) is 0.794. The number of sulfonamides is 1. The molecule has 25 heavy (non-hydrogen) atoms. The molecule has 0 spiro atoms. The molecular formula is C18H28N2O4S. The summed E-state index contributed by atoms with van der Waals surface area (Å²) in [7, 11) is -1.59. The van der Waals surface area contributed by atoms with Gasteiger partial charge >= 0.3 is 0 Å². The lowest BCUT2D eigenvalue weighted by atomic mass is 10.0. The number of methoxy groups -OCH3 is 1. The molecule has 0 aliphatic carbocycles. The van der Waals surface area contributed by atoms with E-state index in [0.29, 0.717) is 32.6 Å². The first-order valence-corrected chi connectivity index (χ1v) is 10.3. The molecule has 7 heteroatoms. The van der Waals surface area contributed by atoms with E-state index in [9.17, 15) is 13.2 Å². The average molecular weight is 368 g/mol. The van der Waals surface area contributed by atoms with Crippen LogP contribution in [0.2, 0.25) is 0 Å². The molecule has 2 rings (SSSR count). The summed E-state index contributed by atoms with van der Waals surface area (Å²) >= 11 is 0. The van der Waals surface area contributed by atoms with E-state index < -0.39 is 10.0 Å². The van der Waals surface area contributed by atoms with Crippen molar-refractivity contribution in [3.8, 4) is 5.75 Å². The van der Waals surface area contributed by atoms with Crippen molar-refractivity contribution in [1.29, 1.82) is 0 Å². The van der Waals surface area contributed by atoms with Crippen LogP contribution >= 0.6 is 0 Å². The number of hydrogen-bond acceptors (Lipinski definition) is 4. The van der Waals surface area contributed by atoms with Crippen molar-refractivity contribution in [2.75, 3.05) is 39.0 Å². The molecule has 0 radical (unpaired) electrons. The predicted octanol–water partition coefficient (Wildman–Crippen LogP) is 1.74. The molecule has 0 atom stereocenters. The normalized spacial score (nSPS) is 16.6. The number of carbonyl (C=O) groups is 1. The molecule has 0 bridgehead atoms. The summed E-state index contributed by atoms with van der Waals surface area (Å²) in [6, 6.07) is 3.98. The van der Waals surface area contributed by atoms with Crippen LogP contribution in [-0.2, 0) is 21.2 Å². The molecule has 1 fully saturated rings. The van der Waals surface area contributed by atoms with Crippen LogP contribution in [0.25, 0.3) is 0 Å². The molecule has 6 nitrogen and oxygen atoms in total. The fourth-order valence-electron chi connectivity index (χ4n) is 3.23. The largest absolute Gasteiger partial charge is 0.496 e. The standard InChI is InChI=1S/C18H28N2O4S/c1-5-25(22,23)20-8-6-7-19(9-10-20)18(21)13-16-15(3)11-14(2)12-17(16)24-4/h11-12H,5-10,13H2,1-4H3. The highest BCUT2D eigenvalue weighted by molar-refractivity contribution is 7.89. The van der Waals surface area contributed by atoms with Gasteiger partial charge in [0.25, 0.3) is 0 Å². The van der Waals surface area contributed by atoms with Crippen molar-refractivity contribution in [3.05, 3.63) is 28.8 Å². The lowest BCUT2D eigenvalue weighted by molar-refractivity contribution is -0.130. The van der Waals surface area contributed by atoms with Gasteiger partial charge in [0.15, 0.2) is 0 Å². The molecule has 0 saturated carbocycles. The Bertz CT molecular complexity index is 731. The summed E-state index contributed by atoms with van der Waals surface area (Å²) in [4.78, 5) is 14.5. The summed E-state index contributed by atoms with van der Waals surface area (Å²) in [5.41, 5.74) is 3.04. The molecule has 1 saturated heterocycles. The van der Waals surface area contributed by atoms with Gasteiger partial charge in [-0.3, -0.25) is 4.79 Å². The van der Waals surface area contributed by atoms with E-state index in [-0.39, 0.29) is 18.1 Å². The van der Waals surface area contributed by atoms with Gasteiger partial charge in [0.05, 0.1) is 19.3 Å². The highest BCUT2D eigenvalue weighted by Crippen LogP contribution is 2.25. The number of carbonyl (C=O) groups excluding carboxylic acids is 1. The lowest BCUT2D eigenvalue weighted by Crippen LogP contribution is -2.38. The Labute approximate surface area is 150 Å². The van der Waals surface area contributed by atoms with Crippen LogP contribution in [0, 0.1) is 13.8 Å². The molecular weight excluding hydrogens is 340 g/mol. The summed E-state index contributed by atoms with van der Waals surface area (Å²) < 4.78 is 31.0. The maximum absolute atomic E-state index is 12.8. The van der Waals surface area contributed by atoms with Gasteiger partial charge < -0.3 is 9.64 Å². The third-order valence-electron chi connectivity index (χ3n) is 4.69. The molecule has 0 aromatic heterocycles. The molecule has 1 aromatic carbocycles. The fourth-order valence-corrected chi connectivity index (χ4v) is 4.37. The minimum absolute atomic E-state index is 0.0148. The van der Waals surface area contributed by atoms with Crippen LogP contribution in [-0.4, -0.2) is 62.6 Å². The van der Waals surface area contributed by atoms with E-state index in [0.717, 1.165) is 22.4 Å². The summed E-state index contributed by atoms with van der Waals surface area (Å²) in [5.74, 6) is 0.845. The molecule has 0 N–H and O–H groups in total. The van der Waals surface area contributed by atoms with Crippen LogP contribution in [0.1, 0.15) is 30.0 Å². The van der Waals surface area contributed by atoms with E-state index in [1.807, 2.05) is 26.0 Å². The summed E-state index contributed by atoms with van der Waals surface area (Å²) in [5, 5.41) is 0. The topological polar surface area (TPSA) is 66.9 Å². The zero-order valence-corrected chi connectivity index (χ0v) is 16.4. The first-order chi connectivity index (χ1) is 11.8. The highest BCUT2D eigenvalue weighted by atomic mass is 32.2. The van der Waals surface area contributed by atoms with Gasteiger partial charge in [-0.15, -0.1) is 0 Å². The Morgan fingerprint density at radius 3 is 2.52 bits per heavy atom. The minimum Gasteiger partial charge on any atom is -0.496 e. The zero-order chi connectivity index (χ0) is 18.6. The van der Waals surface area contributed by atoms with Gasteiger partial charge in [-0.2, -0.15) is 0 Å². The van der Waals surface area contributed by atoms with E-state index in [1.54, 1.807) is 18.9 Å². The molecule has 1 aliphatic heterocycles. The van der Waals surface area contributed by atoms with Crippen molar-refractivity contribution in [2.45, 2.75) is 33.6 Å². The summed E-state index contributed by atoms with van der Waals surface area (Å²) in [6.07, 6.45) is 0.935. The Kier molecular flexibility index (Phi) is 6.46. The molecule has 0 unspecified atom stereocenters. The van der Waals surface area contributed by atoms with Crippen LogP contribution < -0.4 is 4.74 Å². The van der Waals surface area contributed by atoms with Gasteiger partial charge in [-0.05, 0) is 44.4 Å². The Morgan fingerprint density at radius 1 is 1.16 bits per heavy atom. The average Bonchev–Trinajstić information content (AvgIpc) is 2.83. The van der Waals surface area contributed by atoms with E-state index >= 15 is 0 Å². The van der Waals surface area contributed by atoms with Crippen LogP contribution in [0.15, 0.2) is 12.1 Å². The second-order valence-electron chi connectivity index (χ2n) is 6.47. The monoisotopic (exact) mass is 368 g/mol. The van der Waals surface area contributed by atoms with Gasteiger partial charge in [-0.25, -0.2) is 12.7 Å². The zero-order valence-electron chi connectivity index (χ0n) is 15.5. The van der Waals surface area contributed by atoms with E-state index in [2.05, 4.69) is 0 Å². The van der Waals surface area contributed by atoms with Gasteiger partial charge in [-0.1, -0.05) is 6.07 Å². The van der Waals surface area contributed by atoms with Crippen LogP contribution in [0.4, 0.5) is 0 Å². The third kappa shape index (κ3) is 4.73. The number of ether oxygens (including phenoxy) is 1.